The van der Waals surface area contributed by atoms with Gasteiger partial charge in [-0.1, -0.05) is 19.9 Å². The lowest BCUT2D eigenvalue weighted by molar-refractivity contribution is -0.135. The zero-order valence-electron chi connectivity index (χ0n) is 17.6. The van der Waals surface area contributed by atoms with Gasteiger partial charge in [0.15, 0.2) is 0 Å². The van der Waals surface area contributed by atoms with E-state index in [1.807, 2.05) is 32.0 Å². The number of hydrogen-bond donors (Lipinski definition) is 2. The number of aromatic amines is 1. The smallest absolute Gasteiger partial charge is 0.407 e. The Morgan fingerprint density at radius 3 is 2.77 bits per heavy atom. The van der Waals surface area contributed by atoms with Gasteiger partial charge in [-0.3, -0.25) is 4.79 Å². The number of carbonyl (C=O) groups excluding carboxylic acids is 2. The number of methoxy groups -OCH3 is 2. The summed E-state index contributed by atoms with van der Waals surface area (Å²) < 4.78 is 10.9. The van der Waals surface area contributed by atoms with Gasteiger partial charge in [0.25, 0.3) is 0 Å². The van der Waals surface area contributed by atoms with Gasteiger partial charge in [0.1, 0.15) is 17.6 Å². The maximum atomic E-state index is 13.2. The van der Waals surface area contributed by atoms with Gasteiger partial charge in [-0.05, 0) is 46.8 Å². The predicted octanol–water partition coefficient (Wildman–Crippen LogP) is 3.89. The van der Waals surface area contributed by atoms with E-state index in [9.17, 15) is 9.59 Å². The van der Waals surface area contributed by atoms with Crippen LogP contribution in [0.3, 0.4) is 0 Å². The third-order valence-electron chi connectivity index (χ3n) is 5.30. The molecule has 0 bridgehead atoms. The van der Waals surface area contributed by atoms with Crippen LogP contribution in [-0.4, -0.2) is 53.7 Å². The fourth-order valence-corrected chi connectivity index (χ4v) is 4.08. The average molecular weight is 479 g/mol. The van der Waals surface area contributed by atoms with Crippen molar-refractivity contribution in [2.24, 2.45) is 5.92 Å². The monoisotopic (exact) mass is 478 g/mol. The van der Waals surface area contributed by atoms with Crippen LogP contribution in [0.15, 0.2) is 28.9 Å². The molecule has 1 aliphatic heterocycles. The van der Waals surface area contributed by atoms with Gasteiger partial charge >= 0.3 is 6.09 Å². The number of halogens is 1. The predicted molar refractivity (Wildman–Crippen MR) is 116 cm³/mol. The first-order chi connectivity index (χ1) is 14.3. The second-order valence-electron chi connectivity index (χ2n) is 7.58. The minimum Gasteiger partial charge on any atom is -0.496 e. The Kier molecular flexibility index (Phi) is 7.02. The molecule has 0 spiro atoms. The van der Waals surface area contributed by atoms with Crippen LogP contribution in [0.5, 0.6) is 5.75 Å². The fourth-order valence-electron chi connectivity index (χ4n) is 3.67. The summed E-state index contributed by atoms with van der Waals surface area (Å²) >= 11 is 3.46. The molecule has 2 aromatic rings. The highest BCUT2D eigenvalue weighted by molar-refractivity contribution is 9.10. The van der Waals surface area contributed by atoms with Crippen molar-refractivity contribution in [3.8, 4) is 17.0 Å². The van der Waals surface area contributed by atoms with Gasteiger partial charge < -0.3 is 24.7 Å². The second kappa shape index (κ2) is 9.51. The zero-order chi connectivity index (χ0) is 21.8. The molecule has 2 N–H and O–H groups in total. The lowest BCUT2D eigenvalue weighted by atomic mass is 10.0. The SMILES string of the molecule is COC(=O)NC(C(=O)N1CCCC1c1ncc(-c2ccc(Br)c(OC)c2)[nH]1)C(C)C. The van der Waals surface area contributed by atoms with Crippen molar-refractivity contribution in [2.75, 3.05) is 20.8 Å². The van der Waals surface area contributed by atoms with Crippen LogP contribution in [0, 0.1) is 5.92 Å². The number of benzene rings is 1. The summed E-state index contributed by atoms with van der Waals surface area (Å²) in [5.74, 6) is 1.27. The second-order valence-corrected chi connectivity index (χ2v) is 8.43. The highest BCUT2D eigenvalue weighted by Gasteiger charge is 2.37. The molecule has 0 radical (unpaired) electrons. The number of nitrogens with zero attached hydrogens (tertiary/aromatic N) is 2. The first-order valence-corrected chi connectivity index (χ1v) is 10.7. The molecule has 2 atom stereocenters. The number of amides is 2. The van der Waals surface area contributed by atoms with Crippen molar-refractivity contribution >= 4 is 27.9 Å². The molecule has 0 saturated carbocycles. The molecule has 162 valence electrons. The van der Waals surface area contributed by atoms with E-state index in [1.165, 1.54) is 7.11 Å². The van der Waals surface area contributed by atoms with E-state index in [2.05, 4.69) is 36.0 Å². The third-order valence-corrected chi connectivity index (χ3v) is 5.96. The molecular formula is C21H27BrN4O4. The van der Waals surface area contributed by atoms with E-state index in [0.717, 1.165) is 40.1 Å². The van der Waals surface area contributed by atoms with Gasteiger partial charge in [-0.2, -0.15) is 0 Å². The quantitative estimate of drug-likeness (QED) is 0.656. The summed E-state index contributed by atoms with van der Waals surface area (Å²) in [5, 5.41) is 2.66. The van der Waals surface area contributed by atoms with Crippen LogP contribution in [0.2, 0.25) is 0 Å². The van der Waals surface area contributed by atoms with Crippen LogP contribution in [0.1, 0.15) is 38.6 Å². The largest absolute Gasteiger partial charge is 0.496 e. The Morgan fingerprint density at radius 1 is 1.33 bits per heavy atom. The Morgan fingerprint density at radius 2 is 2.10 bits per heavy atom. The topological polar surface area (TPSA) is 96.6 Å². The minimum atomic E-state index is -0.650. The number of H-pyrrole nitrogens is 1. The zero-order valence-corrected chi connectivity index (χ0v) is 19.2. The number of aromatic nitrogens is 2. The number of imidazole rings is 1. The Hall–Kier alpha value is -2.55. The van der Waals surface area contributed by atoms with Crippen molar-refractivity contribution in [2.45, 2.75) is 38.8 Å². The van der Waals surface area contributed by atoms with Crippen molar-refractivity contribution in [1.82, 2.24) is 20.2 Å². The first-order valence-electron chi connectivity index (χ1n) is 9.89. The van der Waals surface area contributed by atoms with Gasteiger partial charge in [-0.15, -0.1) is 0 Å². The van der Waals surface area contributed by atoms with Crippen LogP contribution in [-0.2, 0) is 9.53 Å². The van der Waals surface area contributed by atoms with Gasteiger partial charge in [0.2, 0.25) is 5.91 Å². The Balaban J connectivity index is 1.82. The molecule has 8 nitrogen and oxygen atoms in total. The number of carbonyl (C=O) groups is 2. The van der Waals surface area contributed by atoms with E-state index in [-0.39, 0.29) is 17.9 Å². The number of likely N-dealkylation sites (tertiary alicyclic amines) is 1. The lowest BCUT2D eigenvalue weighted by Crippen LogP contribution is -2.51. The summed E-state index contributed by atoms with van der Waals surface area (Å²) in [5.41, 5.74) is 1.79. The van der Waals surface area contributed by atoms with Gasteiger partial charge in [0, 0.05) is 12.1 Å². The molecule has 9 heteroatoms. The summed E-state index contributed by atoms with van der Waals surface area (Å²) in [6.45, 7) is 4.42. The molecule has 1 fully saturated rings. The van der Waals surface area contributed by atoms with Crippen LogP contribution in [0.25, 0.3) is 11.3 Å². The molecule has 1 aromatic heterocycles. The van der Waals surface area contributed by atoms with E-state index >= 15 is 0 Å². The summed E-state index contributed by atoms with van der Waals surface area (Å²) in [7, 11) is 2.91. The highest BCUT2D eigenvalue weighted by Crippen LogP contribution is 2.34. The normalized spacial score (nSPS) is 17.1. The highest BCUT2D eigenvalue weighted by atomic mass is 79.9. The fraction of sp³-hybridized carbons (Fsp3) is 0.476. The Bertz CT molecular complexity index is 914. The first kappa shape index (κ1) is 22.1. The molecule has 2 heterocycles. The third kappa shape index (κ3) is 4.61. The number of ether oxygens (including phenoxy) is 2. The van der Waals surface area contributed by atoms with E-state index in [0.29, 0.717) is 6.54 Å². The van der Waals surface area contributed by atoms with Crippen molar-refractivity contribution in [3.63, 3.8) is 0 Å². The summed E-state index contributed by atoms with van der Waals surface area (Å²) in [6, 6.07) is 5.00. The molecule has 3 rings (SSSR count). The molecule has 1 aliphatic rings. The van der Waals surface area contributed by atoms with Crippen LogP contribution < -0.4 is 10.1 Å². The molecule has 2 amide bonds. The summed E-state index contributed by atoms with van der Waals surface area (Å²) in [6.07, 6.45) is 2.85. The molecular weight excluding hydrogens is 452 g/mol. The van der Waals surface area contributed by atoms with E-state index < -0.39 is 12.1 Å². The van der Waals surface area contributed by atoms with E-state index in [4.69, 9.17) is 4.74 Å². The minimum absolute atomic E-state index is 0.0692. The molecule has 1 aromatic carbocycles. The maximum Gasteiger partial charge on any atom is 0.407 e. The lowest BCUT2D eigenvalue weighted by Gasteiger charge is -2.30. The maximum absolute atomic E-state index is 13.2. The molecule has 2 unspecified atom stereocenters. The number of hydrogen-bond acceptors (Lipinski definition) is 5. The van der Waals surface area contributed by atoms with Crippen LogP contribution in [0.4, 0.5) is 4.79 Å². The summed E-state index contributed by atoms with van der Waals surface area (Å²) in [4.78, 5) is 34.6. The molecule has 1 saturated heterocycles. The van der Waals surface area contributed by atoms with Crippen molar-refractivity contribution in [3.05, 3.63) is 34.7 Å². The van der Waals surface area contributed by atoms with Gasteiger partial charge in [-0.25, -0.2) is 9.78 Å². The van der Waals surface area contributed by atoms with Crippen molar-refractivity contribution in [1.29, 1.82) is 0 Å². The number of nitrogens with one attached hydrogen (secondary N) is 2. The Labute approximate surface area is 184 Å². The molecule has 0 aliphatic carbocycles. The number of alkyl carbamates (subject to hydrolysis) is 1. The standard InChI is InChI=1S/C21H27BrN4O4/c1-12(2)18(25-21(28)30-4)20(27)26-9-5-6-16(26)19-23-11-15(24-19)13-7-8-14(22)17(10-13)29-3/h7-8,10-12,16,18H,5-6,9H2,1-4H3,(H,23,24)(H,25,28). The number of rotatable bonds is 6. The van der Waals surface area contributed by atoms with E-state index in [1.54, 1.807) is 18.2 Å². The average Bonchev–Trinajstić information content (AvgIpc) is 3.40. The molecule has 30 heavy (non-hydrogen) atoms. The van der Waals surface area contributed by atoms with Crippen molar-refractivity contribution < 1.29 is 19.1 Å². The van der Waals surface area contributed by atoms with Crippen LogP contribution >= 0.6 is 15.9 Å². The van der Waals surface area contributed by atoms with Gasteiger partial charge in [0.05, 0.1) is 36.6 Å².